The molecule has 5 nitrogen and oxygen atoms in total. The highest BCUT2D eigenvalue weighted by Crippen LogP contribution is 2.18. The normalized spacial score (nSPS) is 10.2. The Hall–Kier alpha value is -3.60. The lowest BCUT2D eigenvalue weighted by atomic mass is 10.1. The summed E-state index contributed by atoms with van der Waals surface area (Å²) in [6.07, 6.45) is 0.834. The van der Waals surface area contributed by atoms with E-state index < -0.39 is 0 Å². The van der Waals surface area contributed by atoms with Gasteiger partial charge < -0.3 is 15.4 Å². The lowest BCUT2D eigenvalue weighted by Gasteiger charge is -2.10. The number of methoxy groups -OCH3 is 1. The van der Waals surface area contributed by atoms with Crippen molar-refractivity contribution in [2.45, 2.75) is 13.3 Å². The number of ether oxygens (including phenoxy) is 1. The molecule has 0 radical (unpaired) electrons. The maximum Gasteiger partial charge on any atom is 0.255 e. The lowest BCUT2D eigenvalue weighted by molar-refractivity contribution is 0.101. The van der Waals surface area contributed by atoms with Gasteiger partial charge in [0.25, 0.3) is 11.8 Å². The largest absolute Gasteiger partial charge is 0.497 e. The van der Waals surface area contributed by atoms with Gasteiger partial charge in [-0.05, 0) is 66.6 Å². The molecule has 0 saturated heterocycles. The molecule has 3 rings (SSSR count). The minimum absolute atomic E-state index is 0.206. The van der Waals surface area contributed by atoms with Crippen LogP contribution in [0.4, 0.5) is 11.4 Å². The van der Waals surface area contributed by atoms with Crippen LogP contribution in [0, 0.1) is 0 Å². The number of anilines is 2. The summed E-state index contributed by atoms with van der Waals surface area (Å²) in [5, 5.41) is 5.74. The Labute approximate surface area is 164 Å². The molecule has 0 aliphatic carbocycles. The van der Waals surface area contributed by atoms with E-state index in [0.717, 1.165) is 23.4 Å². The molecule has 0 aromatic heterocycles. The van der Waals surface area contributed by atoms with E-state index in [1.807, 2.05) is 31.2 Å². The second kappa shape index (κ2) is 8.86. The highest BCUT2D eigenvalue weighted by atomic mass is 16.5. The minimum Gasteiger partial charge on any atom is -0.497 e. The second-order valence-electron chi connectivity index (χ2n) is 6.22. The molecule has 0 bridgehead atoms. The van der Waals surface area contributed by atoms with Gasteiger partial charge in [0.1, 0.15) is 5.75 Å². The van der Waals surface area contributed by atoms with Crippen molar-refractivity contribution in [1.82, 2.24) is 0 Å². The molecule has 2 N–H and O–H groups in total. The Morgan fingerprint density at radius 3 is 1.93 bits per heavy atom. The van der Waals surface area contributed by atoms with Crippen LogP contribution >= 0.6 is 0 Å². The van der Waals surface area contributed by atoms with Gasteiger partial charge in [0.05, 0.1) is 7.11 Å². The zero-order valence-corrected chi connectivity index (χ0v) is 15.9. The van der Waals surface area contributed by atoms with Crippen LogP contribution in [0.15, 0.2) is 72.8 Å². The van der Waals surface area contributed by atoms with Crippen molar-refractivity contribution in [3.63, 3.8) is 0 Å². The molecule has 5 heteroatoms. The Balaban J connectivity index is 1.66. The maximum absolute atomic E-state index is 12.5. The van der Waals surface area contributed by atoms with E-state index in [1.165, 1.54) is 0 Å². The maximum atomic E-state index is 12.5. The number of carbonyl (C=O) groups excluding carboxylic acids is 2. The van der Waals surface area contributed by atoms with E-state index in [9.17, 15) is 9.59 Å². The van der Waals surface area contributed by atoms with Crippen LogP contribution in [-0.4, -0.2) is 18.9 Å². The second-order valence-corrected chi connectivity index (χ2v) is 6.22. The minimum atomic E-state index is -0.242. The molecule has 28 heavy (non-hydrogen) atoms. The van der Waals surface area contributed by atoms with Crippen LogP contribution in [0.2, 0.25) is 0 Å². The third-order valence-electron chi connectivity index (χ3n) is 4.40. The van der Waals surface area contributed by atoms with Gasteiger partial charge in [-0.25, -0.2) is 0 Å². The van der Waals surface area contributed by atoms with Crippen molar-refractivity contribution >= 4 is 23.2 Å². The molecule has 3 aromatic carbocycles. The predicted molar refractivity (Wildman–Crippen MR) is 111 cm³/mol. The first-order valence-corrected chi connectivity index (χ1v) is 9.05. The number of carbonyl (C=O) groups is 2. The van der Waals surface area contributed by atoms with Crippen LogP contribution in [0.5, 0.6) is 5.75 Å². The molecular weight excluding hydrogens is 352 g/mol. The Morgan fingerprint density at radius 2 is 1.36 bits per heavy atom. The van der Waals surface area contributed by atoms with Gasteiger partial charge in [-0.3, -0.25) is 9.59 Å². The average molecular weight is 374 g/mol. The predicted octanol–water partition coefficient (Wildman–Crippen LogP) is 4.76. The Kier molecular flexibility index (Phi) is 6.07. The molecule has 0 aliphatic heterocycles. The molecule has 142 valence electrons. The van der Waals surface area contributed by atoms with Crippen molar-refractivity contribution in [3.05, 3.63) is 89.5 Å². The summed E-state index contributed by atoms with van der Waals surface area (Å²) < 4.78 is 5.10. The number of hydrogen-bond donors (Lipinski definition) is 2. The number of hydrogen-bond acceptors (Lipinski definition) is 3. The molecule has 3 aromatic rings. The Bertz CT molecular complexity index is 964. The number of nitrogens with one attached hydrogen (secondary N) is 2. The highest BCUT2D eigenvalue weighted by Gasteiger charge is 2.11. The quantitative estimate of drug-likeness (QED) is 0.653. The van der Waals surface area contributed by atoms with E-state index in [4.69, 9.17) is 4.74 Å². The summed E-state index contributed by atoms with van der Waals surface area (Å²) in [5.74, 6) is 0.273. The van der Waals surface area contributed by atoms with Crippen LogP contribution in [-0.2, 0) is 6.42 Å². The van der Waals surface area contributed by atoms with E-state index in [0.29, 0.717) is 16.8 Å². The fourth-order valence-corrected chi connectivity index (χ4v) is 2.80. The molecule has 0 atom stereocenters. The first-order valence-electron chi connectivity index (χ1n) is 9.05. The highest BCUT2D eigenvalue weighted by molar-refractivity contribution is 6.07. The molecule has 0 fully saturated rings. The third-order valence-corrected chi connectivity index (χ3v) is 4.40. The number of para-hydroxylation sites is 1. The van der Waals surface area contributed by atoms with Gasteiger partial charge in [0.2, 0.25) is 0 Å². The summed E-state index contributed by atoms with van der Waals surface area (Å²) in [5.41, 5.74) is 3.51. The monoisotopic (exact) mass is 374 g/mol. The first-order chi connectivity index (χ1) is 13.6. The van der Waals surface area contributed by atoms with Gasteiger partial charge in [0, 0.05) is 22.5 Å². The summed E-state index contributed by atoms with van der Waals surface area (Å²) in [4.78, 5) is 24.9. The smallest absolute Gasteiger partial charge is 0.255 e. The van der Waals surface area contributed by atoms with Crippen LogP contribution < -0.4 is 15.4 Å². The van der Waals surface area contributed by atoms with Gasteiger partial charge in [-0.2, -0.15) is 0 Å². The van der Waals surface area contributed by atoms with E-state index in [2.05, 4.69) is 10.6 Å². The molecule has 0 spiro atoms. The molecule has 0 heterocycles. The topological polar surface area (TPSA) is 67.4 Å². The van der Waals surface area contributed by atoms with Crippen LogP contribution in [0.3, 0.4) is 0 Å². The standard InChI is InChI=1S/C23H22N2O3/c1-3-16-6-4-5-7-21(16)25-23(27)18-10-8-17(9-11-18)22(26)24-19-12-14-20(28-2)15-13-19/h4-15H,3H2,1-2H3,(H,24,26)(H,25,27). The van der Waals surface area contributed by atoms with Gasteiger partial charge >= 0.3 is 0 Å². The molecule has 2 amide bonds. The van der Waals surface area contributed by atoms with E-state index in [-0.39, 0.29) is 11.8 Å². The fraction of sp³-hybridized carbons (Fsp3) is 0.130. The molecule has 0 aliphatic rings. The summed E-state index contributed by atoms with van der Waals surface area (Å²) in [6, 6.07) is 21.4. The van der Waals surface area contributed by atoms with Crippen molar-refractivity contribution in [2.75, 3.05) is 17.7 Å². The van der Waals surface area contributed by atoms with Crippen molar-refractivity contribution < 1.29 is 14.3 Å². The van der Waals surface area contributed by atoms with Gasteiger partial charge in [-0.15, -0.1) is 0 Å². The molecule has 0 unspecified atom stereocenters. The van der Waals surface area contributed by atoms with Crippen LogP contribution in [0.1, 0.15) is 33.2 Å². The average Bonchev–Trinajstić information content (AvgIpc) is 2.74. The fourth-order valence-electron chi connectivity index (χ4n) is 2.80. The Morgan fingerprint density at radius 1 is 0.786 bits per heavy atom. The van der Waals surface area contributed by atoms with Gasteiger partial charge in [-0.1, -0.05) is 25.1 Å². The molecule has 0 saturated carbocycles. The summed E-state index contributed by atoms with van der Waals surface area (Å²) >= 11 is 0. The van der Waals surface area contributed by atoms with Crippen LogP contribution in [0.25, 0.3) is 0 Å². The zero-order valence-electron chi connectivity index (χ0n) is 15.9. The van der Waals surface area contributed by atoms with E-state index in [1.54, 1.807) is 55.6 Å². The zero-order chi connectivity index (χ0) is 19.9. The third kappa shape index (κ3) is 4.57. The SMILES string of the molecule is CCc1ccccc1NC(=O)c1ccc(C(=O)Nc2ccc(OC)cc2)cc1. The summed E-state index contributed by atoms with van der Waals surface area (Å²) in [6.45, 7) is 2.04. The number of amides is 2. The first kappa shape index (κ1) is 19.2. The van der Waals surface area contributed by atoms with Crippen molar-refractivity contribution in [2.24, 2.45) is 0 Å². The van der Waals surface area contributed by atoms with Gasteiger partial charge in [0.15, 0.2) is 0 Å². The lowest BCUT2D eigenvalue weighted by Crippen LogP contribution is -2.15. The molecular formula is C23H22N2O3. The van der Waals surface area contributed by atoms with Crippen molar-refractivity contribution in [1.29, 1.82) is 0 Å². The number of benzene rings is 3. The number of rotatable bonds is 6. The van der Waals surface area contributed by atoms with Crippen molar-refractivity contribution in [3.8, 4) is 5.75 Å². The summed E-state index contributed by atoms with van der Waals surface area (Å²) in [7, 11) is 1.59. The van der Waals surface area contributed by atoms with E-state index >= 15 is 0 Å². The number of aryl methyl sites for hydroxylation is 1.